The first kappa shape index (κ1) is 17.3. The molecule has 0 unspecified atom stereocenters. The lowest BCUT2D eigenvalue weighted by Crippen LogP contribution is -2.24. The fourth-order valence-corrected chi connectivity index (χ4v) is 3.75. The maximum absolute atomic E-state index is 12.5. The van der Waals surface area contributed by atoms with E-state index in [1.165, 1.54) is 0 Å². The Labute approximate surface area is 147 Å². The quantitative estimate of drug-likeness (QED) is 0.758. The molecule has 0 fully saturated rings. The van der Waals surface area contributed by atoms with Gasteiger partial charge in [-0.1, -0.05) is 29.8 Å². The zero-order valence-electron chi connectivity index (χ0n) is 14.3. The van der Waals surface area contributed by atoms with E-state index >= 15 is 0 Å². The molecule has 0 aliphatic heterocycles. The van der Waals surface area contributed by atoms with E-state index in [0.717, 1.165) is 16.7 Å². The summed E-state index contributed by atoms with van der Waals surface area (Å²) in [6, 6.07) is 13.0. The molecule has 25 heavy (non-hydrogen) atoms. The van der Waals surface area contributed by atoms with Gasteiger partial charge in [-0.15, -0.1) is 10.2 Å². The first-order valence-corrected chi connectivity index (χ1v) is 9.30. The van der Waals surface area contributed by atoms with Gasteiger partial charge in [-0.3, -0.25) is 0 Å². The van der Waals surface area contributed by atoms with E-state index in [0.29, 0.717) is 11.5 Å². The van der Waals surface area contributed by atoms with Crippen LogP contribution >= 0.6 is 0 Å². The Morgan fingerprint density at radius 3 is 2.52 bits per heavy atom. The molecule has 0 saturated carbocycles. The Morgan fingerprint density at radius 2 is 1.76 bits per heavy atom. The maximum atomic E-state index is 12.5. The standard InChI is InChI=1S/C18H19N3O3S/c1-12-5-4-6-15(9-12)18-21-20-17(24-18)11-19-25(22,23)16-10-13(2)7-8-14(16)3/h4-10,19H,11H2,1-3H3. The second-order valence-corrected chi connectivity index (χ2v) is 7.70. The fraction of sp³-hybridized carbons (Fsp3) is 0.222. The van der Waals surface area contributed by atoms with E-state index in [1.807, 2.05) is 44.2 Å². The monoisotopic (exact) mass is 357 g/mol. The Bertz CT molecular complexity index is 1010. The maximum Gasteiger partial charge on any atom is 0.247 e. The summed E-state index contributed by atoms with van der Waals surface area (Å²) in [6.45, 7) is 5.52. The molecule has 0 radical (unpaired) electrons. The van der Waals surface area contributed by atoms with Gasteiger partial charge in [0.2, 0.25) is 21.8 Å². The number of rotatable bonds is 5. The summed E-state index contributed by atoms with van der Waals surface area (Å²) in [4.78, 5) is 0.255. The highest BCUT2D eigenvalue weighted by Gasteiger charge is 2.18. The molecule has 6 nitrogen and oxygen atoms in total. The minimum Gasteiger partial charge on any atom is -0.419 e. The van der Waals surface area contributed by atoms with Crippen LogP contribution in [0, 0.1) is 20.8 Å². The summed E-state index contributed by atoms with van der Waals surface area (Å²) in [5, 5.41) is 7.90. The molecule has 0 bridgehead atoms. The highest BCUT2D eigenvalue weighted by molar-refractivity contribution is 7.89. The van der Waals surface area contributed by atoms with Crippen LogP contribution in [0.4, 0.5) is 0 Å². The molecule has 1 aromatic heterocycles. The average molecular weight is 357 g/mol. The van der Waals surface area contributed by atoms with Crippen LogP contribution in [0.15, 0.2) is 51.8 Å². The van der Waals surface area contributed by atoms with Crippen molar-refractivity contribution in [3.63, 3.8) is 0 Å². The van der Waals surface area contributed by atoms with Gasteiger partial charge >= 0.3 is 0 Å². The number of aromatic nitrogens is 2. The van der Waals surface area contributed by atoms with Crippen LogP contribution < -0.4 is 4.72 Å². The number of hydrogen-bond donors (Lipinski definition) is 1. The number of nitrogens with one attached hydrogen (secondary N) is 1. The summed E-state index contributed by atoms with van der Waals surface area (Å²) < 4.78 is 33.1. The molecule has 3 aromatic rings. The van der Waals surface area contributed by atoms with Crippen LogP contribution in [-0.2, 0) is 16.6 Å². The lowest BCUT2D eigenvalue weighted by atomic mass is 10.1. The van der Waals surface area contributed by atoms with Gasteiger partial charge in [0.05, 0.1) is 11.4 Å². The Kier molecular flexibility index (Phi) is 4.69. The van der Waals surface area contributed by atoms with Gasteiger partial charge in [-0.25, -0.2) is 13.1 Å². The van der Waals surface area contributed by atoms with Crippen molar-refractivity contribution in [3.05, 3.63) is 65.0 Å². The van der Waals surface area contributed by atoms with Crippen LogP contribution in [-0.4, -0.2) is 18.6 Å². The van der Waals surface area contributed by atoms with Crippen LogP contribution in [0.25, 0.3) is 11.5 Å². The third kappa shape index (κ3) is 3.94. The van der Waals surface area contributed by atoms with Crippen molar-refractivity contribution >= 4 is 10.0 Å². The lowest BCUT2D eigenvalue weighted by molar-refractivity contribution is 0.494. The molecule has 2 aromatic carbocycles. The lowest BCUT2D eigenvalue weighted by Gasteiger charge is -2.08. The summed E-state index contributed by atoms with van der Waals surface area (Å²) in [5.41, 5.74) is 3.44. The first-order valence-electron chi connectivity index (χ1n) is 7.81. The van der Waals surface area contributed by atoms with Crippen molar-refractivity contribution in [1.29, 1.82) is 0 Å². The van der Waals surface area contributed by atoms with E-state index < -0.39 is 10.0 Å². The van der Waals surface area contributed by atoms with Crippen LogP contribution in [0.1, 0.15) is 22.6 Å². The topological polar surface area (TPSA) is 85.1 Å². The molecular weight excluding hydrogens is 338 g/mol. The van der Waals surface area contributed by atoms with Crippen LogP contribution in [0.2, 0.25) is 0 Å². The second kappa shape index (κ2) is 6.78. The second-order valence-electron chi connectivity index (χ2n) is 5.96. The van der Waals surface area contributed by atoms with Gasteiger partial charge in [0.15, 0.2) is 0 Å². The molecule has 1 N–H and O–H groups in total. The van der Waals surface area contributed by atoms with Gasteiger partial charge in [0.25, 0.3) is 0 Å². The molecule has 0 saturated heterocycles. The van der Waals surface area contributed by atoms with Crippen molar-refractivity contribution in [3.8, 4) is 11.5 Å². The predicted octanol–water partition coefficient (Wildman–Crippen LogP) is 3.14. The molecule has 130 valence electrons. The van der Waals surface area contributed by atoms with E-state index in [2.05, 4.69) is 14.9 Å². The fourth-order valence-electron chi connectivity index (χ4n) is 2.45. The minimum atomic E-state index is -3.65. The summed E-state index contributed by atoms with van der Waals surface area (Å²) in [7, 11) is -3.65. The van der Waals surface area contributed by atoms with Crippen molar-refractivity contribution in [2.75, 3.05) is 0 Å². The van der Waals surface area contributed by atoms with Crippen molar-refractivity contribution in [2.45, 2.75) is 32.2 Å². The summed E-state index contributed by atoms with van der Waals surface area (Å²) in [5.74, 6) is 0.579. The molecule has 0 atom stereocenters. The van der Waals surface area contributed by atoms with Gasteiger partial charge in [0.1, 0.15) is 0 Å². The number of hydrogen-bond acceptors (Lipinski definition) is 5. The Balaban J connectivity index is 1.77. The smallest absolute Gasteiger partial charge is 0.247 e. The number of nitrogens with zero attached hydrogens (tertiary/aromatic N) is 2. The number of sulfonamides is 1. The van der Waals surface area contributed by atoms with Crippen molar-refractivity contribution < 1.29 is 12.8 Å². The highest BCUT2D eigenvalue weighted by Crippen LogP contribution is 2.20. The number of aryl methyl sites for hydroxylation is 3. The van der Waals surface area contributed by atoms with Crippen LogP contribution in [0.3, 0.4) is 0 Å². The number of benzene rings is 2. The molecule has 7 heteroatoms. The Morgan fingerprint density at radius 1 is 1.00 bits per heavy atom. The summed E-state index contributed by atoms with van der Waals surface area (Å²) in [6.07, 6.45) is 0. The zero-order chi connectivity index (χ0) is 18.0. The van der Waals surface area contributed by atoms with E-state index in [9.17, 15) is 8.42 Å². The molecule has 1 heterocycles. The van der Waals surface area contributed by atoms with Gasteiger partial charge < -0.3 is 4.42 Å². The van der Waals surface area contributed by atoms with Crippen LogP contribution in [0.5, 0.6) is 0 Å². The van der Waals surface area contributed by atoms with Crippen molar-refractivity contribution in [1.82, 2.24) is 14.9 Å². The van der Waals surface area contributed by atoms with E-state index in [-0.39, 0.29) is 17.3 Å². The largest absolute Gasteiger partial charge is 0.419 e. The molecule has 0 spiro atoms. The van der Waals surface area contributed by atoms with Crippen molar-refractivity contribution in [2.24, 2.45) is 0 Å². The Hall–Kier alpha value is -2.51. The third-order valence-electron chi connectivity index (χ3n) is 3.78. The molecule has 0 amide bonds. The highest BCUT2D eigenvalue weighted by atomic mass is 32.2. The molecule has 3 rings (SSSR count). The van der Waals surface area contributed by atoms with E-state index in [4.69, 9.17) is 4.42 Å². The molecule has 0 aliphatic carbocycles. The van der Waals surface area contributed by atoms with Gasteiger partial charge in [-0.2, -0.15) is 0 Å². The molecular formula is C18H19N3O3S. The minimum absolute atomic E-state index is 0.0610. The van der Waals surface area contributed by atoms with E-state index in [1.54, 1.807) is 19.1 Å². The zero-order valence-corrected chi connectivity index (χ0v) is 15.1. The van der Waals surface area contributed by atoms with Gasteiger partial charge in [0, 0.05) is 5.56 Å². The first-order chi connectivity index (χ1) is 11.8. The normalized spacial score (nSPS) is 11.6. The third-order valence-corrected chi connectivity index (χ3v) is 5.32. The SMILES string of the molecule is Cc1cccc(-c2nnc(CNS(=O)(=O)c3cc(C)ccc3C)o2)c1. The summed E-state index contributed by atoms with van der Waals surface area (Å²) >= 11 is 0. The molecule has 0 aliphatic rings. The predicted molar refractivity (Wildman–Crippen MR) is 94.4 cm³/mol. The average Bonchev–Trinajstić information content (AvgIpc) is 3.04. The van der Waals surface area contributed by atoms with Gasteiger partial charge in [-0.05, 0) is 50.1 Å².